The Morgan fingerprint density at radius 2 is 2.00 bits per heavy atom. The average molecular weight is 210 g/mol. The fraction of sp³-hybridized carbons (Fsp3) is 0.818. The van der Waals surface area contributed by atoms with Crippen LogP contribution in [0.25, 0.3) is 0 Å². The lowest BCUT2D eigenvalue weighted by Crippen LogP contribution is -2.66. The van der Waals surface area contributed by atoms with Crippen molar-refractivity contribution in [1.29, 1.82) is 0 Å². The van der Waals surface area contributed by atoms with E-state index < -0.39 is 0 Å². The molecule has 2 atom stereocenters. The molecule has 0 radical (unpaired) electrons. The van der Waals surface area contributed by atoms with Gasteiger partial charge in [-0.25, -0.2) is 0 Å². The zero-order valence-corrected chi connectivity index (χ0v) is 9.74. The smallest absolute Gasteiger partial charge is 0.0561 e. The van der Waals surface area contributed by atoms with Crippen LogP contribution in [-0.2, 0) is 0 Å². The first-order chi connectivity index (χ1) is 7.20. The Morgan fingerprint density at radius 1 is 1.33 bits per heavy atom. The van der Waals surface area contributed by atoms with Crippen molar-refractivity contribution in [2.24, 2.45) is 5.84 Å². The van der Waals surface area contributed by atoms with E-state index >= 15 is 0 Å². The van der Waals surface area contributed by atoms with E-state index in [0.717, 1.165) is 6.54 Å². The SMILES string of the molecule is CC(C)=CC(NN)C1CN2CCN1CC2. The van der Waals surface area contributed by atoms with Crippen LogP contribution in [0.4, 0.5) is 0 Å². The number of nitrogens with one attached hydrogen (secondary N) is 1. The van der Waals surface area contributed by atoms with E-state index in [-0.39, 0.29) is 6.04 Å². The first-order valence-corrected chi connectivity index (χ1v) is 5.78. The molecule has 0 saturated carbocycles. The van der Waals surface area contributed by atoms with Gasteiger partial charge in [-0.3, -0.25) is 21.1 Å². The number of nitrogens with zero attached hydrogens (tertiary/aromatic N) is 2. The number of piperazine rings is 3. The fourth-order valence-electron chi connectivity index (χ4n) is 2.63. The van der Waals surface area contributed by atoms with Crippen LogP contribution in [0.2, 0.25) is 0 Å². The molecule has 3 heterocycles. The summed E-state index contributed by atoms with van der Waals surface area (Å²) in [6.45, 7) is 10.2. The summed E-state index contributed by atoms with van der Waals surface area (Å²) in [6.07, 6.45) is 2.24. The summed E-state index contributed by atoms with van der Waals surface area (Å²) in [4.78, 5) is 5.10. The van der Waals surface area contributed by atoms with Gasteiger partial charge in [0.05, 0.1) is 6.04 Å². The summed E-state index contributed by atoms with van der Waals surface area (Å²) in [6, 6.07) is 0.838. The number of allylic oxidation sites excluding steroid dienone is 1. The molecular weight excluding hydrogens is 188 g/mol. The first kappa shape index (κ1) is 11.1. The highest BCUT2D eigenvalue weighted by molar-refractivity contribution is 5.08. The van der Waals surface area contributed by atoms with Gasteiger partial charge in [-0.1, -0.05) is 11.6 Å². The van der Waals surface area contributed by atoms with Crippen LogP contribution in [0.15, 0.2) is 11.6 Å². The molecule has 4 nitrogen and oxygen atoms in total. The highest BCUT2D eigenvalue weighted by Gasteiger charge is 2.35. The van der Waals surface area contributed by atoms with E-state index in [2.05, 4.69) is 35.1 Å². The maximum Gasteiger partial charge on any atom is 0.0561 e. The highest BCUT2D eigenvalue weighted by Crippen LogP contribution is 2.19. The normalized spacial score (nSPS) is 36.3. The largest absolute Gasteiger partial charge is 0.299 e. The van der Waals surface area contributed by atoms with E-state index in [1.54, 1.807) is 0 Å². The van der Waals surface area contributed by atoms with Crippen LogP contribution >= 0.6 is 0 Å². The molecule has 3 fully saturated rings. The quantitative estimate of drug-likeness (QED) is 0.384. The van der Waals surface area contributed by atoms with Crippen LogP contribution in [0, 0.1) is 0 Å². The standard InChI is InChI=1S/C11H22N4/c1-9(2)7-10(13-12)11-8-14-3-5-15(11)6-4-14/h7,10-11,13H,3-6,8,12H2,1-2H3. The second kappa shape index (κ2) is 4.61. The molecule has 3 aliphatic rings. The van der Waals surface area contributed by atoms with Gasteiger partial charge in [-0.05, 0) is 13.8 Å². The van der Waals surface area contributed by atoms with E-state index in [0.29, 0.717) is 6.04 Å². The third-order valence-electron chi connectivity index (χ3n) is 3.44. The van der Waals surface area contributed by atoms with Crippen LogP contribution in [0.5, 0.6) is 0 Å². The van der Waals surface area contributed by atoms with Crippen LogP contribution in [0.3, 0.4) is 0 Å². The second-order valence-electron chi connectivity index (χ2n) is 4.84. The Kier molecular flexibility index (Phi) is 3.41. The van der Waals surface area contributed by atoms with Crippen LogP contribution in [-0.4, -0.2) is 54.6 Å². The van der Waals surface area contributed by atoms with Gasteiger partial charge in [0.25, 0.3) is 0 Å². The molecular formula is C11H22N4. The number of hydrogen-bond acceptors (Lipinski definition) is 4. The minimum atomic E-state index is 0.290. The van der Waals surface area contributed by atoms with E-state index in [9.17, 15) is 0 Å². The monoisotopic (exact) mass is 210 g/mol. The van der Waals surface area contributed by atoms with Gasteiger partial charge in [0.1, 0.15) is 0 Å². The summed E-state index contributed by atoms with van der Waals surface area (Å²) in [7, 11) is 0. The molecule has 2 unspecified atom stereocenters. The molecule has 86 valence electrons. The molecule has 0 aromatic carbocycles. The summed E-state index contributed by atoms with van der Waals surface area (Å²) < 4.78 is 0. The summed E-state index contributed by atoms with van der Waals surface area (Å²) in [5, 5.41) is 0. The fourth-order valence-corrected chi connectivity index (χ4v) is 2.63. The Bertz CT molecular complexity index is 239. The first-order valence-electron chi connectivity index (χ1n) is 5.78. The average Bonchev–Trinajstić information content (AvgIpc) is 2.27. The van der Waals surface area contributed by atoms with E-state index in [1.807, 2.05) is 0 Å². The highest BCUT2D eigenvalue weighted by atomic mass is 15.4. The Morgan fingerprint density at radius 3 is 2.40 bits per heavy atom. The molecule has 0 aromatic rings. The second-order valence-corrected chi connectivity index (χ2v) is 4.84. The van der Waals surface area contributed by atoms with Gasteiger partial charge >= 0.3 is 0 Å². The molecule has 0 spiro atoms. The van der Waals surface area contributed by atoms with Crippen molar-refractivity contribution < 1.29 is 0 Å². The predicted molar refractivity (Wildman–Crippen MR) is 62.3 cm³/mol. The van der Waals surface area contributed by atoms with Crippen LogP contribution < -0.4 is 11.3 Å². The van der Waals surface area contributed by atoms with Gasteiger partial charge in [0.2, 0.25) is 0 Å². The van der Waals surface area contributed by atoms with Crippen LogP contribution in [0.1, 0.15) is 13.8 Å². The minimum Gasteiger partial charge on any atom is -0.299 e. The van der Waals surface area contributed by atoms with Crippen molar-refractivity contribution >= 4 is 0 Å². The topological polar surface area (TPSA) is 44.5 Å². The van der Waals surface area contributed by atoms with Gasteiger partial charge < -0.3 is 0 Å². The number of fused-ring (bicyclic) bond motifs is 3. The molecule has 0 amide bonds. The predicted octanol–water partition coefficient (Wildman–Crippen LogP) is -0.216. The number of rotatable bonds is 3. The van der Waals surface area contributed by atoms with Gasteiger partial charge in [-0.15, -0.1) is 0 Å². The maximum absolute atomic E-state index is 5.64. The zero-order valence-electron chi connectivity index (χ0n) is 9.74. The molecule has 4 heteroatoms. The number of hydrazine groups is 1. The van der Waals surface area contributed by atoms with Gasteiger partial charge in [-0.2, -0.15) is 0 Å². The summed E-state index contributed by atoms with van der Waals surface area (Å²) in [5.41, 5.74) is 4.27. The lowest BCUT2D eigenvalue weighted by molar-refractivity contribution is 0.00359. The lowest BCUT2D eigenvalue weighted by Gasteiger charge is -2.49. The molecule has 0 aromatic heterocycles. The molecule has 3 saturated heterocycles. The van der Waals surface area contributed by atoms with Crippen molar-refractivity contribution in [3.63, 3.8) is 0 Å². The molecule has 15 heavy (non-hydrogen) atoms. The molecule has 2 bridgehead atoms. The lowest BCUT2D eigenvalue weighted by atomic mass is 9.99. The van der Waals surface area contributed by atoms with Crippen molar-refractivity contribution in [1.82, 2.24) is 15.2 Å². The van der Waals surface area contributed by atoms with Crippen molar-refractivity contribution in [3.05, 3.63) is 11.6 Å². The molecule has 3 N–H and O–H groups in total. The molecule has 0 aliphatic carbocycles. The van der Waals surface area contributed by atoms with Crippen molar-refractivity contribution in [2.45, 2.75) is 25.9 Å². The van der Waals surface area contributed by atoms with Crippen molar-refractivity contribution in [3.8, 4) is 0 Å². The zero-order chi connectivity index (χ0) is 10.8. The van der Waals surface area contributed by atoms with E-state index in [4.69, 9.17) is 5.84 Å². The van der Waals surface area contributed by atoms with Gasteiger partial charge in [0, 0.05) is 38.8 Å². The minimum absolute atomic E-state index is 0.290. The summed E-state index contributed by atoms with van der Waals surface area (Å²) >= 11 is 0. The Balaban J connectivity index is 2.05. The van der Waals surface area contributed by atoms with E-state index in [1.165, 1.54) is 31.8 Å². The van der Waals surface area contributed by atoms with Crippen molar-refractivity contribution in [2.75, 3.05) is 32.7 Å². The van der Waals surface area contributed by atoms with Gasteiger partial charge in [0.15, 0.2) is 0 Å². The maximum atomic E-state index is 5.64. The Labute approximate surface area is 92.1 Å². The molecule has 3 rings (SSSR count). The Hall–Kier alpha value is -0.420. The summed E-state index contributed by atoms with van der Waals surface area (Å²) in [5.74, 6) is 5.64. The third-order valence-corrected chi connectivity index (χ3v) is 3.44. The number of hydrogen-bond donors (Lipinski definition) is 2. The third kappa shape index (κ3) is 2.39. The molecule has 3 aliphatic heterocycles. The number of nitrogens with two attached hydrogens (primary N) is 1.